The molecular formula is C17H17N3S. The molecule has 2 aromatic rings. The molecule has 0 bridgehead atoms. The van der Waals surface area contributed by atoms with Crippen LogP contribution in [0.15, 0.2) is 47.5 Å². The fraction of sp³-hybridized carbons (Fsp3) is 0.176. The van der Waals surface area contributed by atoms with Gasteiger partial charge in [0.25, 0.3) is 0 Å². The molecule has 0 aliphatic rings. The summed E-state index contributed by atoms with van der Waals surface area (Å²) in [6.45, 7) is 4.06. The SMILES string of the molecule is Cc1cccc(C)c1N=C(N)SCc1ccc(C#N)cc1. The number of nitrogens with two attached hydrogens (primary N) is 1. The number of nitrogens with zero attached hydrogens (tertiary/aromatic N) is 2. The van der Waals surface area contributed by atoms with E-state index < -0.39 is 0 Å². The Morgan fingerprint density at radius 3 is 2.33 bits per heavy atom. The van der Waals surface area contributed by atoms with E-state index in [1.54, 1.807) is 0 Å². The van der Waals surface area contributed by atoms with Crippen molar-refractivity contribution in [1.29, 1.82) is 5.26 Å². The lowest BCUT2D eigenvalue weighted by atomic mass is 10.1. The van der Waals surface area contributed by atoms with Crippen molar-refractivity contribution in [1.82, 2.24) is 0 Å². The van der Waals surface area contributed by atoms with E-state index in [2.05, 4.69) is 11.1 Å². The van der Waals surface area contributed by atoms with E-state index in [-0.39, 0.29) is 0 Å². The van der Waals surface area contributed by atoms with Gasteiger partial charge in [0.2, 0.25) is 0 Å². The minimum absolute atomic E-state index is 0.553. The van der Waals surface area contributed by atoms with Crippen LogP contribution in [-0.4, -0.2) is 5.17 Å². The van der Waals surface area contributed by atoms with E-state index in [0.29, 0.717) is 10.7 Å². The molecule has 21 heavy (non-hydrogen) atoms. The molecule has 0 aliphatic carbocycles. The summed E-state index contributed by atoms with van der Waals surface area (Å²) >= 11 is 1.50. The molecule has 4 heteroatoms. The number of aryl methyl sites for hydroxylation is 2. The molecule has 0 unspecified atom stereocenters. The van der Waals surface area contributed by atoms with Crippen LogP contribution < -0.4 is 5.73 Å². The Hall–Kier alpha value is -2.25. The van der Waals surface area contributed by atoms with Gasteiger partial charge in [0.1, 0.15) is 0 Å². The van der Waals surface area contributed by atoms with Gasteiger partial charge in [0.05, 0.1) is 17.3 Å². The topological polar surface area (TPSA) is 62.2 Å². The summed E-state index contributed by atoms with van der Waals surface area (Å²) in [5.74, 6) is 0.742. The highest BCUT2D eigenvalue weighted by Gasteiger charge is 2.03. The van der Waals surface area contributed by atoms with Gasteiger partial charge in [-0.25, -0.2) is 4.99 Å². The number of hydrogen-bond donors (Lipinski definition) is 1. The average molecular weight is 295 g/mol. The first-order valence-corrected chi connectivity index (χ1v) is 7.61. The average Bonchev–Trinajstić information content (AvgIpc) is 2.49. The molecule has 2 aromatic carbocycles. The van der Waals surface area contributed by atoms with Crippen LogP contribution in [0.3, 0.4) is 0 Å². The Morgan fingerprint density at radius 2 is 1.76 bits per heavy atom. The van der Waals surface area contributed by atoms with Crippen molar-refractivity contribution < 1.29 is 0 Å². The van der Waals surface area contributed by atoms with Crippen molar-refractivity contribution in [3.63, 3.8) is 0 Å². The van der Waals surface area contributed by atoms with Crippen LogP contribution in [0.25, 0.3) is 0 Å². The first-order chi connectivity index (χ1) is 10.1. The van der Waals surface area contributed by atoms with Crippen molar-refractivity contribution in [3.05, 3.63) is 64.7 Å². The Balaban J connectivity index is 2.05. The van der Waals surface area contributed by atoms with Gasteiger partial charge in [0.15, 0.2) is 5.17 Å². The number of aliphatic imine (C=N–C) groups is 1. The number of thioether (sulfide) groups is 1. The summed E-state index contributed by atoms with van der Waals surface area (Å²) in [6.07, 6.45) is 0. The standard InChI is InChI=1S/C17H17N3S/c1-12-4-3-5-13(2)16(12)20-17(19)21-11-15-8-6-14(10-18)7-9-15/h3-9H,11H2,1-2H3,(H2,19,20). The molecule has 0 amide bonds. The maximum absolute atomic E-state index is 8.77. The van der Waals surface area contributed by atoms with Gasteiger partial charge in [-0.3, -0.25) is 0 Å². The second-order valence-electron chi connectivity index (χ2n) is 4.79. The molecule has 2 rings (SSSR count). The molecule has 0 radical (unpaired) electrons. The molecule has 0 heterocycles. The minimum Gasteiger partial charge on any atom is -0.378 e. The lowest BCUT2D eigenvalue weighted by Gasteiger charge is -2.06. The molecular weight excluding hydrogens is 278 g/mol. The highest BCUT2D eigenvalue weighted by molar-refractivity contribution is 8.13. The van der Waals surface area contributed by atoms with Crippen molar-refractivity contribution in [2.45, 2.75) is 19.6 Å². The first kappa shape index (κ1) is 15.1. The van der Waals surface area contributed by atoms with Crippen molar-refractivity contribution in [3.8, 4) is 6.07 Å². The van der Waals surface area contributed by atoms with Crippen LogP contribution >= 0.6 is 11.8 Å². The van der Waals surface area contributed by atoms with Crippen LogP contribution in [0.5, 0.6) is 0 Å². The van der Waals surface area contributed by atoms with Gasteiger partial charge in [-0.2, -0.15) is 5.26 Å². The van der Waals surface area contributed by atoms with Gasteiger partial charge in [0, 0.05) is 5.75 Å². The molecule has 0 atom stereocenters. The second-order valence-corrected chi connectivity index (χ2v) is 5.78. The molecule has 0 spiro atoms. The van der Waals surface area contributed by atoms with Gasteiger partial charge < -0.3 is 5.73 Å². The number of rotatable bonds is 3. The van der Waals surface area contributed by atoms with Crippen LogP contribution in [0.2, 0.25) is 0 Å². The number of amidine groups is 1. The van der Waals surface area contributed by atoms with Gasteiger partial charge >= 0.3 is 0 Å². The highest BCUT2D eigenvalue weighted by Crippen LogP contribution is 2.24. The molecule has 0 saturated carbocycles. The van der Waals surface area contributed by atoms with Crippen molar-refractivity contribution >= 4 is 22.6 Å². The number of hydrogen-bond acceptors (Lipinski definition) is 3. The molecule has 0 aliphatic heterocycles. The van der Waals surface area contributed by atoms with Crippen LogP contribution in [-0.2, 0) is 5.75 Å². The Labute approximate surface area is 129 Å². The van der Waals surface area contributed by atoms with Crippen molar-refractivity contribution in [2.75, 3.05) is 0 Å². The van der Waals surface area contributed by atoms with Gasteiger partial charge in [-0.15, -0.1) is 0 Å². The minimum atomic E-state index is 0.553. The van der Waals surface area contributed by atoms with E-state index in [9.17, 15) is 0 Å². The van der Waals surface area contributed by atoms with Crippen molar-refractivity contribution in [2.24, 2.45) is 10.7 Å². The fourth-order valence-corrected chi connectivity index (χ4v) is 2.62. The molecule has 2 N–H and O–H groups in total. The largest absolute Gasteiger partial charge is 0.378 e. The zero-order valence-electron chi connectivity index (χ0n) is 12.1. The molecule has 0 fully saturated rings. The highest BCUT2D eigenvalue weighted by atomic mass is 32.2. The Kier molecular flexibility index (Phi) is 5.02. The summed E-state index contributed by atoms with van der Waals surface area (Å²) < 4.78 is 0. The van der Waals surface area contributed by atoms with Crippen LogP contribution in [0, 0.1) is 25.2 Å². The lowest BCUT2D eigenvalue weighted by Crippen LogP contribution is -2.06. The predicted octanol–water partition coefficient (Wildman–Crippen LogP) is 4.05. The maximum atomic E-state index is 8.77. The normalized spacial score (nSPS) is 11.2. The zero-order valence-corrected chi connectivity index (χ0v) is 12.9. The molecule has 3 nitrogen and oxygen atoms in total. The maximum Gasteiger partial charge on any atom is 0.159 e. The number of benzene rings is 2. The second kappa shape index (κ2) is 6.96. The summed E-state index contributed by atoms with van der Waals surface area (Å²) in [5, 5.41) is 9.32. The van der Waals surface area contributed by atoms with E-state index in [4.69, 9.17) is 11.0 Å². The molecule has 0 saturated heterocycles. The van der Waals surface area contributed by atoms with Gasteiger partial charge in [-0.1, -0.05) is 42.1 Å². The smallest absolute Gasteiger partial charge is 0.159 e. The summed E-state index contributed by atoms with van der Waals surface area (Å²) in [6, 6.07) is 15.7. The summed E-state index contributed by atoms with van der Waals surface area (Å²) in [5.41, 5.74) is 11.0. The van der Waals surface area contributed by atoms with E-state index >= 15 is 0 Å². The molecule has 106 valence electrons. The third-order valence-corrected chi connectivity index (χ3v) is 4.00. The van der Waals surface area contributed by atoms with Crippen LogP contribution in [0.4, 0.5) is 5.69 Å². The van der Waals surface area contributed by atoms with E-state index in [1.165, 1.54) is 11.8 Å². The molecule has 0 aromatic heterocycles. The van der Waals surface area contributed by atoms with E-state index in [0.717, 1.165) is 28.1 Å². The third kappa shape index (κ3) is 4.11. The van der Waals surface area contributed by atoms with Gasteiger partial charge in [-0.05, 0) is 42.7 Å². The number of nitriles is 1. The summed E-state index contributed by atoms with van der Waals surface area (Å²) in [7, 11) is 0. The third-order valence-electron chi connectivity index (χ3n) is 3.13. The summed E-state index contributed by atoms with van der Waals surface area (Å²) in [4.78, 5) is 4.51. The first-order valence-electron chi connectivity index (χ1n) is 6.62. The van der Waals surface area contributed by atoms with Crippen LogP contribution in [0.1, 0.15) is 22.3 Å². The fourth-order valence-electron chi connectivity index (χ4n) is 1.96. The Morgan fingerprint density at radius 1 is 1.14 bits per heavy atom. The monoisotopic (exact) mass is 295 g/mol. The predicted molar refractivity (Wildman–Crippen MR) is 89.7 cm³/mol. The zero-order chi connectivity index (χ0) is 15.2. The Bertz CT molecular complexity index is 677. The quantitative estimate of drug-likeness (QED) is 0.686. The lowest BCUT2D eigenvalue weighted by molar-refractivity contribution is 1.32. The van der Waals surface area contributed by atoms with E-state index in [1.807, 2.05) is 56.3 Å². The number of para-hydroxylation sites is 1.